The summed E-state index contributed by atoms with van der Waals surface area (Å²) in [4.78, 5) is 30.5. The van der Waals surface area contributed by atoms with Gasteiger partial charge in [0.05, 0.1) is 10.7 Å². The molecule has 1 atom stereocenters. The van der Waals surface area contributed by atoms with Crippen LogP contribution in [0.4, 0.5) is 10.7 Å². The molecule has 0 saturated heterocycles. The largest absolute Gasteiger partial charge is 0.397 e. The van der Waals surface area contributed by atoms with Crippen LogP contribution in [0.1, 0.15) is 58.6 Å². The number of anilines is 2. The standard InChI is InChI=1S/C24H23N3O2S/c1-4-15-7-9-16(10-8-15)22(29)23-21(25)20-19(17-6-5-11-26-12-17)18(14(3)28)13(2)27-24(20)30-23/h5-12,19,27H,4,25H2,1-3H3. The van der Waals surface area contributed by atoms with Gasteiger partial charge in [-0.3, -0.25) is 14.6 Å². The van der Waals surface area contributed by atoms with Crippen molar-refractivity contribution < 1.29 is 9.59 Å². The fourth-order valence-electron chi connectivity index (χ4n) is 3.97. The molecule has 0 bridgehead atoms. The minimum absolute atomic E-state index is 0.0341. The molecule has 0 spiro atoms. The van der Waals surface area contributed by atoms with E-state index in [-0.39, 0.29) is 17.5 Å². The SMILES string of the molecule is CCc1ccc(C(=O)c2sc3c(c2N)C(c2cccnc2)C(C(C)=O)=C(C)N3)cc1. The van der Waals surface area contributed by atoms with E-state index in [4.69, 9.17) is 5.73 Å². The van der Waals surface area contributed by atoms with E-state index in [1.807, 2.05) is 43.3 Å². The van der Waals surface area contributed by atoms with Crippen LogP contribution >= 0.6 is 11.3 Å². The molecule has 0 saturated carbocycles. The number of nitrogens with zero attached hydrogens (tertiary/aromatic N) is 1. The molecule has 2 aromatic heterocycles. The van der Waals surface area contributed by atoms with Crippen LogP contribution in [0, 0.1) is 0 Å². The Bertz CT molecular complexity index is 1160. The van der Waals surface area contributed by atoms with Gasteiger partial charge in [-0.1, -0.05) is 37.3 Å². The Balaban J connectivity index is 1.85. The maximum atomic E-state index is 13.2. The predicted octanol–water partition coefficient (Wildman–Crippen LogP) is 4.94. The number of nitrogens with two attached hydrogens (primary N) is 1. The van der Waals surface area contributed by atoms with Crippen molar-refractivity contribution in [2.45, 2.75) is 33.1 Å². The number of aromatic nitrogens is 1. The number of thiophene rings is 1. The Morgan fingerprint density at radius 2 is 1.93 bits per heavy atom. The van der Waals surface area contributed by atoms with Gasteiger partial charge in [0.1, 0.15) is 4.88 Å². The van der Waals surface area contributed by atoms with Gasteiger partial charge in [0.2, 0.25) is 5.78 Å². The van der Waals surface area contributed by atoms with E-state index in [2.05, 4.69) is 17.2 Å². The van der Waals surface area contributed by atoms with E-state index >= 15 is 0 Å². The predicted molar refractivity (Wildman–Crippen MR) is 121 cm³/mol. The lowest BCUT2D eigenvalue weighted by Gasteiger charge is -2.28. The van der Waals surface area contributed by atoms with Gasteiger partial charge in [-0.15, -0.1) is 11.3 Å². The normalized spacial score (nSPS) is 15.5. The fourth-order valence-corrected chi connectivity index (χ4v) is 5.15. The lowest BCUT2D eigenvalue weighted by Crippen LogP contribution is -2.21. The number of pyridine rings is 1. The van der Waals surface area contributed by atoms with Crippen molar-refractivity contribution >= 4 is 33.6 Å². The fraction of sp³-hybridized carbons (Fsp3) is 0.208. The second-order valence-electron chi connectivity index (χ2n) is 7.41. The Hall–Kier alpha value is -3.25. The minimum atomic E-state index is -0.354. The highest BCUT2D eigenvalue weighted by Gasteiger charge is 2.36. The van der Waals surface area contributed by atoms with Crippen LogP contribution in [0.2, 0.25) is 0 Å². The first-order chi connectivity index (χ1) is 14.4. The number of nitrogens with one attached hydrogen (secondary N) is 1. The molecule has 5 nitrogen and oxygen atoms in total. The monoisotopic (exact) mass is 417 g/mol. The summed E-state index contributed by atoms with van der Waals surface area (Å²) in [5.74, 6) is -0.496. The molecule has 3 aromatic rings. The Morgan fingerprint density at radius 3 is 2.53 bits per heavy atom. The van der Waals surface area contributed by atoms with Crippen LogP contribution in [0.5, 0.6) is 0 Å². The summed E-state index contributed by atoms with van der Waals surface area (Å²) < 4.78 is 0. The number of hydrogen-bond donors (Lipinski definition) is 2. The van der Waals surface area contributed by atoms with Crippen LogP contribution in [0.25, 0.3) is 0 Å². The van der Waals surface area contributed by atoms with Gasteiger partial charge >= 0.3 is 0 Å². The highest BCUT2D eigenvalue weighted by atomic mass is 32.1. The highest BCUT2D eigenvalue weighted by Crippen LogP contribution is 2.50. The molecule has 1 aliphatic rings. The number of aryl methyl sites for hydroxylation is 1. The summed E-state index contributed by atoms with van der Waals surface area (Å²) in [5.41, 5.74) is 11.8. The molecule has 6 heteroatoms. The van der Waals surface area contributed by atoms with E-state index in [0.29, 0.717) is 21.7 Å². The second-order valence-corrected chi connectivity index (χ2v) is 8.43. The van der Waals surface area contributed by atoms with Crippen molar-refractivity contribution in [1.29, 1.82) is 0 Å². The van der Waals surface area contributed by atoms with Gasteiger partial charge in [0.15, 0.2) is 5.78 Å². The number of Topliss-reactive ketones (excluding diaryl/α,β-unsaturated/α-hetero) is 1. The van der Waals surface area contributed by atoms with Gasteiger partial charge in [0, 0.05) is 40.7 Å². The average Bonchev–Trinajstić information content (AvgIpc) is 3.08. The van der Waals surface area contributed by atoms with Gasteiger partial charge in [-0.2, -0.15) is 0 Å². The number of fused-ring (bicyclic) bond motifs is 1. The molecule has 1 aliphatic heterocycles. The van der Waals surface area contributed by atoms with Gasteiger partial charge in [-0.05, 0) is 37.5 Å². The van der Waals surface area contributed by atoms with Crippen molar-refractivity contribution in [3.05, 3.63) is 87.2 Å². The first-order valence-electron chi connectivity index (χ1n) is 9.86. The quantitative estimate of drug-likeness (QED) is 0.575. The van der Waals surface area contributed by atoms with E-state index in [1.165, 1.54) is 16.9 Å². The zero-order valence-electron chi connectivity index (χ0n) is 17.2. The summed E-state index contributed by atoms with van der Waals surface area (Å²) in [7, 11) is 0. The zero-order chi connectivity index (χ0) is 21.4. The third-order valence-electron chi connectivity index (χ3n) is 5.49. The van der Waals surface area contributed by atoms with Gasteiger partial charge < -0.3 is 11.1 Å². The van der Waals surface area contributed by atoms with Crippen LogP contribution < -0.4 is 11.1 Å². The third-order valence-corrected chi connectivity index (χ3v) is 6.63. The van der Waals surface area contributed by atoms with Crippen molar-refractivity contribution in [3.63, 3.8) is 0 Å². The number of hydrogen-bond acceptors (Lipinski definition) is 6. The highest BCUT2D eigenvalue weighted by molar-refractivity contribution is 7.19. The van der Waals surface area contributed by atoms with Crippen LogP contribution in [-0.4, -0.2) is 16.6 Å². The lowest BCUT2D eigenvalue weighted by atomic mass is 9.81. The molecular formula is C24H23N3O2S. The number of carbonyl (C=O) groups excluding carboxylic acids is 2. The van der Waals surface area contributed by atoms with Crippen molar-refractivity contribution in [2.75, 3.05) is 11.1 Å². The van der Waals surface area contributed by atoms with Crippen molar-refractivity contribution in [1.82, 2.24) is 4.98 Å². The zero-order valence-corrected chi connectivity index (χ0v) is 18.0. The molecule has 0 aliphatic carbocycles. The minimum Gasteiger partial charge on any atom is -0.397 e. The van der Waals surface area contributed by atoms with E-state index in [9.17, 15) is 9.59 Å². The molecular weight excluding hydrogens is 394 g/mol. The van der Waals surface area contributed by atoms with E-state index in [1.54, 1.807) is 19.3 Å². The molecule has 0 radical (unpaired) electrons. The lowest BCUT2D eigenvalue weighted by molar-refractivity contribution is -0.113. The van der Waals surface area contributed by atoms with Crippen LogP contribution in [-0.2, 0) is 11.2 Å². The number of benzene rings is 1. The molecule has 1 unspecified atom stereocenters. The average molecular weight is 418 g/mol. The van der Waals surface area contributed by atoms with E-state index < -0.39 is 0 Å². The summed E-state index contributed by atoms with van der Waals surface area (Å²) in [5, 5.41) is 4.10. The van der Waals surface area contributed by atoms with Crippen LogP contribution in [0.3, 0.4) is 0 Å². The maximum absolute atomic E-state index is 13.2. The first-order valence-corrected chi connectivity index (χ1v) is 10.7. The van der Waals surface area contributed by atoms with Gasteiger partial charge in [-0.25, -0.2) is 0 Å². The molecule has 1 aromatic carbocycles. The summed E-state index contributed by atoms with van der Waals surface area (Å²) in [6.45, 7) is 5.51. The first kappa shape index (κ1) is 20.0. The smallest absolute Gasteiger partial charge is 0.205 e. The number of nitrogen functional groups attached to an aromatic ring is 1. The molecule has 4 rings (SSSR count). The molecule has 3 N–H and O–H groups in total. The summed E-state index contributed by atoms with van der Waals surface area (Å²) in [6, 6.07) is 11.4. The molecule has 30 heavy (non-hydrogen) atoms. The molecule has 0 fully saturated rings. The molecule has 152 valence electrons. The second kappa shape index (κ2) is 7.88. The summed E-state index contributed by atoms with van der Waals surface area (Å²) in [6.07, 6.45) is 4.36. The number of carbonyl (C=O) groups is 2. The third kappa shape index (κ3) is 3.33. The number of allylic oxidation sites excluding steroid dienone is 2. The van der Waals surface area contributed by atoms with Crippen molar-refractivity contribution in [3.8, 4) is 0 Å². The number of ketones is 2. The van der Waals surface area contributed by atoms with E-state index in [0.717, 1.165) is 28.2 Å². The maximum Gasteiger partial charge on any atom is 0.205 e. The topological polar surface area (TPSA) is 85.1 Å². The molecule has 3 heterocycles. The number of rotatable bonds is 5. The Morgan fingerprint density at radius 1 is 1.20 bits per heavy atom. The summed E-state index contributed by atoms with van der Waals surface area (Å²) >= 11 is 1.34. The van der Waals surface area contributed by atoms with Crippen LogP contribution in [0.15, 0.2) is 60.1 Å². The van der Waals surface area contributed by atoms with Crippen molar-refractivity contribution in [2.24, 2.45) is 0 Å². The Kier molecular flexibility index (Phi) is 5.26. The van der Waals surface area contributed by atoms with Gasteiger partial charge in [0.25, 0.3) is 0 Å². The molecule has 0 amide bonds. The Labute approximate surface area is 179 Å².